The van der Waals surface area contributed by atoms with Gasteiger partial charge in [0.25, 0.3) is 0 Å². The number of aryl methyl sites for hydroxylation is 1. The number of nitrogens with zero attached hydrogens (tertiary/aromatic N) is 2. The molecule has 1 heterocycles. The number of nitrogen functional groups attached to an aromatic ring is 1. The van der Waals surface area contributed by atoms with Crippen molar-refractivity contribution in [2.75, 3.05) is 11.1 Å². The van der Waals surface area contributed by atoms with E-state index >= 15 is 0 Å². The second-order valence-electron chi connectivity index (χ2n) is 4.68. The van der Waals surface area contributed by atoms with Crippen LogP contribution >= 0.6 is 34.2 Å². The van der Waals surface area contributed by atoms with Gasteiger partial charge in [0, 0.05) is 24.6 Å². The minimum atomic E-state index is 0.144. The van der Waals surface area contributed by atoms with Crippen molar-refractivity contribution in [3.05, 3.63) is 47.0 Å². The third kappa shape index (κ3) is 3.52. The van der Waals surface area contributed by atoms with E-state index in [9.17, 15) is 0 Å². The fourth-order valence-corrected chi connectivity index (χ4v) is 2.59. The van der Waals surface area contributed by atoms with Crippen LogP contribution in [0.4, 0.5) is 11.4 Å². The number of nitrogens with one attached hydrogen (secondary N) is 1. The molecule has 3 N–H and O–H groups in total. The van der Waals surface area contributed by atoms with Crippen molar-refractivity contribution in [2.45, 2.75) is 23.8 Å². The summed E-state index contributed by atoms with van der Waals surface area (Å²) in [6, 6.07) is 4.00. The van der Waals surface area contributed by atoms with Gasteiger partial charge in [-0.2, -0.15) is 0 Å². The topological polar surface area (TPSA) is 63.8 Å². The SMILES string of the molecule is Cc1cc(N)c(Cl)c(NC(C)C(I)c2cnccn2)c1. The van der Waals surface area contributed by atoms with Crippen molar-refractivity contribution in [1.82, 2.24) is 9.97 Å². The van der Waals surface area contributed by atoms with Crippen LogP contribution < -0.4 is 11.1 Å². The summed E-state index contributed by atoms with van der Waals surface area (Å²) in [5, 5.41) is 3.96. The number of nitrogens with two attached hydrogens (primary N) is 1. The molecule has 0 aliphatic carbocycles. The zero-order valence-corrected chi connectivity index (χ0v) is 14.2. The van der Waals surface area contributed by atoms with Gasteiger partial charge in [-0.05, 0) is 31.5 Å². The average molecular weight is 403 g/mol. The Morgan fingerprint density at radius 3 is 2.75 bits per heavy atom. The van der Waals surface area contributed by atoms with E-state index in [2.05, 4.69) is 44.8 Å². The molecule has 1 aromatic heterocycles. The Labute approximate surface area is 137 Å². The Bertz CT molecular complexity index is 591. The molecule has 106 valence electrons. The number of hydrogen-bond acceptors (Lipinski definition) is 4. The lowest BCUT2D eigenvalue weighted by molar-refractivity contribution is 0.769. The lowest BCUT2D eigenvalue weighted by atomic mass is 10.1. The summed E-state index contributed by atoms with van der Waals surface area (Å²) in [5.74, 6) is 0. The summed E-state index contributed by atoms with van der Waals surface area (Å²) in [4.78, 5) is 8.43. The molecule has 0 spiro atoms. The largest absolute Gasteiger partial charge is 0.397 e. The molecule has 2 aromatic rings. The first-order valence-electron chi connectivity index (χ1n) is 6.21. The first kappa shape index (κ1) is 15.3. The molecule has 0 aliphatic rings. The van der Waals surface area contributed by atoms with E-state index in [-0.39, 0.29) is 9.97 Å². The van der Waals surface area contributed by atoms with Crippen molar-refractivity contribution in [3.8, 4) is 0 Å². The molecule has 6 heteroatoms. The van der Waals surface area contributed by atoms with E-state index in [1.807, 2.05) is 19.1 Å². The van der Waals surface area contributed by atoms with Gasteiger partial charge in [-0.3, -0.25) is 9.97 Å². The fourth-order valence-electron chi connectivity index (χ4n) is 1.93. The van der Waals surface area contributed by atoms with Crippen LogP contribution in [0.3, 0.4) is 0 Å². The van der Waals surface area contributed by atoms with Gasteiger partial charge in [0.1, 0.15) is 0 Å². The Morgan fingerprint density at radius 1 is 1.35 bits per heavy atom. The molecular formula is C14H16ClIN4. The zero-order valence-electron chi connectivity index (χ0n) is 11.3. The first-order chi connectivity index (χ1) is 9.49. The minimum absolute atomic E-state index is 0.144. The monoisotopic (exact) mass is 402 g/mol. The van der Waals surface area contributed by atoms with Gasteiger partial charge in [-0.1, -0.05) is 34.2 Å². The molecule has 0 amide bonds. The van der Waals surface area contributed by atoms with Crippen molar-refractivity contribution in [1.29, 1.82) is 0 Å². The number of aromatic nitrogens is 2. The first-order valence-corrected chi connectivity index (χ1v) is 7.83. The van der Waals surface area contributed by atoms with Gasteiger partial charge < -0.3 is 11.1 Å². The van der Waals surface area contributed by atoms with Crippen LogP contribution in [-0.4, -0.2) is 16.0 Å². The second kappa shape index (κ2) is 6.58. The highest BCUT2D eigenvalue weighted by Crippen LogP contribution is 2.33. The van der Waals surface area contributed by atoms with Gasteiger partial charge in [0.15, 0.2) is 0 Å². The molecule has 0 aliphatic heterocycles. The molecule has 0 saturated carbocycles. The van der Waals surface area contributed by atoms with E-state index < -0.39 is 0 Å². The van der Waals surface area contributed by atoms with Gasteiger partial charge >= 0.3 is 0 Å². The van der Waals surface area contributed by atoms with E-state index in [0.717, 1.165) is 16.9 Å². The molecule has 1 aromatic carbocycles. The van der Waals surface area contributed by atoms with Crippen LogP contribution in [0.1, 0.15) is 22.1 Å². The van der Waals surface area contributed by atoms with Crippen molar-refractivity contribution < 1.29 is 0 Å². The van der Waals surface area contributed by atoms with Crippen LogP contribution in [0.5, 0.6) is 0 Å². The van der Waals surface area contributed by atoms with Crippen LogP contribution in [0.15, 0.2) is 30.7 Å². The fraction of sp³-hybridized carbons (Fsp3) is 0.286. The molecule has 0 radical (unpaired) electrons. The Kier molecular flexibility index (Phi) is 5.04. The highest BCUT2D eigenvalue weighted by Gasteiger charge is 2.18. The third-order valence-electron chi connectivity index (χ3n) is 2.93. The molecule has 2 unspecified atom stereocenters. The highest BCUT2D eigenvalue weighted by atomic mass is 127. The Balaban J connectivity index is 2.18. The van der Waals surface area contributed by atoms with Gasteiger partial charge in [-0.15, -0.1) is 0 Å². The smallest absolute Gasteiger partial charge is 0.0866 e. The molecule has 4 nitrogen and oxygen atoms in total. The maximum Gasteiger partial charge on any atom is 0.0866 e. The lowest BCUT2D eigenvalue weighted by Gasteiger charge is -2.22. The maximum atomic E-state index is 6.24. The zero-order chi connectivity index (χ0) is 14.7. The van der Waals surface area contributed by atoms with Gasteiger partial charge in [0.2, 0.25) is 0 Å². The molecule has 2 atom stereocenters. The van der Waals surface area contributed by atoms with E-state index in [0.29, 0.717) is 10.7 Å². The highest BCUT2D eigenvalue weighted by molar-refractivity contribution is 14.1. The number of halogens is 2. The normalized spacial score (nSPS) is 13.8. The van der Waals surface area contributed by atoms with Gasteiger partial charge in [0.05, 0.1) is 26.0 Å². The number of anilines is 2. The van der Waals surface area contributed by atoms with Crippen LogP contribution in [0.2, 0.25) is 5.02 Å². The standard InChI is InChI=1S/C14H16ClIN4/c1-8-5-10(17)13(15)11(6-8)20-9(2)14(16)12-7-18-3-4-19-12/h3-7,9,14,20H,17H2,1-2H3. The number of rotatable bonds is 4. The summed E-state index contributed by atoms with van der Waals surface area (Å²) in [5.41, 5.74) is 9.34. The summed E-state index contributed by atoms with van der Waals surface area (Å²) in [7, 11) is 0. The van der Waals surface area contributed by atoms with Crippen LogP contribution in [-0.2, 0) is 0 Å². The quantitative estimate of drug-likeness (QED) is 0.461. The lowest BCUT2D eigenvalue weighted by Crippen LogP contribution is -2.21. The Hall–Kier alpha value is -1.08. The average Bonchev–Trinajstić information content (AvgIpc) is 2.44. The molecule has 0 fully saturated rings. The summed E-state index contributed by atoms with van der Waals surface area (Å²) in [6.07, 6.45) is 5.15. The second-order valence-corrected chi connectivity index (χ2v) is 6.40. The van der Waals surface area contributed by atoms with Crippen LogP contribution in [0.25, 0.3) is 0 Å². The van der Waals surface area contributed by atoms with Crippen molar-refractivity contribution >= 4 is 45.6 Å². The predicted molar refractivity (Wildman–Crippen MR) is 92.5 cm³/mol. The third-order valence-corrected chi connectivity index (χ3v) is 5.07. The molecule has 0 bridgehead atoms. The molecule has 20 heavy (non-hydrogen) atoms. The minimum Gasteiger partial charge on any atom is -0.397 e. The molecular weight excluding hydrogens is 387 g/mol. The summed E-state index contributed by atoms with van der Waals surface area (Å²) in [6.45, 7) is 4.08. The van der Waals surface area contributed by atoms with E-state index in [1.54, 1.807) is 18.6 Å². The van der Waals surface area contributed by atoms with Gasteiger partial charge in [-0.25, -0.2) is 0 Å². The maximum absolute atomic E-state index is 6.24. The van der Waals surface area contributed by atoms with E-state index in [4.69, 9.17) is 17.3 Å². The summed E-state index contributed by atoms with van der Waals surface area (Å²) < 4.78 is 0.180. The van der Waals surface area contributed by atoms with Crippen molar-refractivity contribution in [3.63, 3.8) is 0 Å². The number of alkyl halides is 1. The predicted octanol–water partition coefficient (Wildman–Crippen LogP) is 4.00. The van der Waals surface area contributed by atoms with Crippen LogP contribution in [0, 0.1) is 6.92 Å². The molecule has 2 rings (SSSR count). The molecule has 0 saturated heterocycles. The Morgan fingerprint density at radius 2 is 2.10 bits per heavy atom. The number of hydrogen-bond donors (Lipinski definition) is 2. The van der Waals surface area contributed by atoms with E-state index in [1.165, 1.54) is 0 Å². The van der Waals surface area contributed by atoms with Crippen molar-refractivity contribution in [2.24, 2.45) is 0 Å². The number of benzene rings is 1. The summed E-state index contributed by atoms with van der Waals surface area (Å²) >= 11 is 8.59.